The Labute approximate surface area is 133 Å². The molecule has 1 unspecified atom stereocenters. The second-order valence-electron chi connectivity index (χ2n) is 5.04. The van der Waals surface area contributed by atoms with Gasteiger partial charge in [0.15, 0.2) is 0 Å². The molecule has 0 saturated heterocycles. The van der Waals surface area contributed by atoms with Crippen LogP contribution in [0.2, 0.25) is 0 Å². The van der Waals surface area contributed by atoms with Gasteiger partial charge in [0.2, 0.25) is 0 Å². The molecule has 0 saturated carbocycles. The lowest BCUT2D eigenvalue weighted by molar-refractivity contribution is -0.146. The van der Waals surface area contributed by atoms with Gasteiger partial charge in [-0.2, -0.15) is 0 Å². The third-order valence-corrected chi connectivity index (χ3v) is 3.05. The molecule has 1 atom stereocenters. The fourth-order valence-corrected chi connectivity index (χ4v) is 1.86. The van der Waals surface area contributed by atoms with Gasteiger partial charge in [0, 0.05) is 0 Å². The van der Waals surface area contributed by atoms with Gasteiger partial charge in [-0.25, -0.2) is 9.59 Å². The van der Waals surface area contributed by atoms with E-state index in [0.29, 0.717) is 13.0 Å². The van der Waals surface area contributed by atoms with Crippen LogP contribution in [0.15, 0.2) is 25.3 Å². The zero-order valence-electron chi connectivity index (χ0n) is 13.6. The first-order valence-corrected chi connectivity index (χ1v) is 7.97. The number of ether oxygens (including phenoxy) is 2. The molecule has 1 N–H and O–H groups in total. The van der Waals surface area contributed by atoms with E-state index in [1.165, 1.54) is 25.3 Å². The highest BCUT2D eigenvalue weighted by Crippen LogP contribution is 2.06. The lowest BCUT2D eigenvalue weighted by atomic mass is 10.1. The maximum atomic E-state index is 11.9. The summed E-state index contributed by atoms with van der Waals surface area (Å²) in [7, 11) is 0. The number of esters is 1. The van der Waals surface area contributed by atoms with Gasteiger partial charge in [0.25, 0.3) is 0 Å². The lowest BCUT2D eigenvalue weighted by Crippen LogP contribution is -2.42. The van der Waals surface area contributed by atoms with Crippen molar-refractivity contribution in [3.63, 3.8) is 0 Å². The molecular weight excluding hydrogens is 282 g/mol. The molecular formula is C17H29NO4. The van der Waals surface area contributed by atoms with Crippen molar-refractivity contribution < 1.29 is 19.1 Å². The van der Waals surface area contributed by atoms with Crippen molar-refractivity contribution in [1.82, 2.24) is 5.32 Å². The summed E-state index contributed by atoms with van der Waals surface area (Å²) in [6.07, 6.45) is 9.40. The summed E-state index contributed by atoms with van der Waals surface area (Å²) in [5.74, 6) is -0.455. The molecule has 126 valence electrons. The quantitative estimate of drug-likeness (QED) is 0.320. The number of unbranched alkanes of at least 4 members (excludes halogenated alkanes) is 5. The molecule has 1 amide bonds. The number of carbonyl (C=O) groups excluding carboxylic acids is 2. The van der Waals surface area contributed by atoms with Crippen LogP contribution in [0.1, 0.15) is 51.9 Å². The lowest BCUT2D eigenvalue weighted by Gasteiger charge is -2.15. The van der Waals surface area contributed by atoms with Crippen LogP contribution in [0.5, 0.6) is 0 Å². The summed E-state index contributed by atoms with van der Waals surface area (Å²) >= 11 is 0. The maximum Gasteiger partial charge on any atom is 0.408 e. The van der Waals surface area contributed by atoms with Crippen molar-refractivity contribution in [3.05, 3.63) is 25.3 Å². The first-order chi connectivity index (χ1) is 10.7. The molecule has 5 heteroatoms. The van der Waals surface area contributed by atoms with Crippen molar-refractivity contribution in [2.45, 2.75) is 57.9 Å². The Morgan fingerprint density at radius 3 is 2.36 bits per heavy atom. The number of rotatable bonds is 13. The van der Waals surface area contributed by atoms with Gasteiger partial charge in [-0.05, 0) is 12.8 Å². The largest absolute Gasteiger partial charge is 0.464 e. The summed E-state index contributed by atoms with van der Waals surface area (Å²) in [6, 6.07) is -0.755. The summed E-state index contributed by atoms with van der Waals surface area (Å²) in [5, 5.41) is 2.47. The average molecular weight is 311 g/mol. The molecule has 0 fully saturated rings. The van der Waals surface area contributed by atoms with E-state index in [1.807, 2.05) is 0 Å². The maximum absolute atomic E-state index is 11.9. The smallest absolute Gasteiger partial charge is 0.408 e. The van der Waals surface area contributed by atoms with E-state index in [0.717, 1.165) is 19.3 Å². The first kappa shape index (κ1) is 20.2. The second-order valence-corrected chi connectivity index (χ2v) is 5.04. The van der Waals surface area contributed by atoms with Crippen LogP contribution < -0.4 is 5.32 Å². The van der Waals surface area contributed by atoms with E-state index in [-0.39, 0.29) is 6.61 Å². The monoisotopic (exact) mass is 311 g/mol. The number of hydrogen-bond donors (Lipinski definition) is 1. The number of carbonyl (C=O) groups is 2. The standard InChI is InChI=1S/C17H29NO4/c1-4-7-8-9-10-11-14-21-16(19)15(12-5-2)18-17(20)22-13-6-3/h5-6,15H,2-4,7-14H2,1H3,(H,18,20). The average Bonchev–Trinajstić information content (AvgIpc) is 2.51. The molecule has 22 heavy (non-hydrogen) atoms. The molecule has 0 aliphatic heterocycles. The van der Waals surface area contributed by atoms with Crippen LogP contribution in [-0.4, -0.2) is 31.3 Å². The molecule has 0 aliphatic carbocycles. The van der Waals surface area contributed by atoms with Crippen molar-refractivity contribution in [1.29, 1.82) is 0 Å². The van der Waals surface area contributed by atoms with Crippen LogP contribution in [0, 0.1) is 0 Å². The molecule has 0 aliphatic rings. The Morgan fingerprint density at radius 1 is 1.05 bits per heavy atom. The predicted octanol–water partition coefficient (Wildman–Crippen LogP) is 3.75. The Hall–Kier alpha value is -1.78. The van der Waals surface area contributed by atoms with E-state index in [4.69, 9.17) is 9.47 Å². The van der Waals surface area contributed by atoms with Gasteiger partial charge in [-0.1, -0.05) is 57.8 Å². The van der Waals surface area contributed by atoms with Gasteiger partial charge in [0.1, 0.15) is 12.6 Å². The van der Waals surface area contributed by atoms with Crippen molar-refractivity contribution in [2.75, 3.05) is 13.2 Å². The predicted molar refractivity (Wildman–Crippen MR) is 87.6 cm³/mol. The topological polar surface area (TPSA) is 64.6 Å². The third-order valence-electron chi connectivity index (χ3n) is 3.05. The minimum Gasteiger partial charge on any atom is -0.464 e. The van der Waals surface area contributed by atoms with E-state index < -0.39 is 18.1 Å². The van der Waals surface area contributed by atoms with Gasteiger partial charge in [-0.3, -0.25) is 0 Å². The molecule has 0 rings (SSSR count). The molecule has 0 heterocycles. The zero-order chi connectivity index (χ0) is 16.6. The van der Waals surface area contributed by atoms with Gasteiger partial charge in [-0.15, -0.1) is 6.58 Å². The number of nitrogens with one attached hydrogen (secondary N) is 1. The highest BCUT2D eigenvalue weighted by Gasteiger charge is 2.21. The summed E-state index contributed by atoms with van der Waals surface area (Å²) < 4.78 is 9.98. The van der Waals surface area contributed by atoms with Crippen LogP contribution in [-0.2, 0) is 14.3 Å². The number of amides is 1. The van der Waals surface area contributed by atoms with E-state index in [1.54, 1.807) is 6.08 Å². The Morgan fingerprint density at radius 2 is 1.73 bits per heavy atom. The fourth-order valence-electron chi connectivity index (χ4n) is 1.86. The van der Waals surface area contributed by atoms with Crippen molar-refractivity contribution in [3.8, 4) is 0 Å². The summed E-state index contributed by atoms with van der Waals surface area (Å²) in [4.78, 5) is 23.4. The van der Waals surface area contributed by atoms with E-state index >= 15 is 0 Å². The minimum atomic E-state index is -0.755. The number of hydrogen-bond acceptors (Lipinski definition) is 4. The normalized spacial score (nSPS) is 11.3. The summed E-state index contributed by atoms with van der Waals surface area (Å²) in [5.41, 5.74) is 0. The third kappa shape index (κ3) is 10.9. The van der Waals surface area contributed by atoms with Gasteiger partial charge < -0.3 is 14.8 Å². The Bertz CT molecular complexity index is 342. The molecule has 0 radical (unpaired) electrons. The van der Waals surface area contributed by atoms with Crippen LogP contribution in [0.3, 0.4) is 0 Å². The van der Waals surface area contributed by atoms with E-state index in [9.17, 15) is 9.59 Å². The fraction of sp³-hybridized carbons (Fsp3) is 0.647. The van der Waals surface area contributed by atoms with Crippen molar-refractivity contribution in [2.24, 2.45) is 0 Å². The van der Waals surface area contributed by atoms with Gasteiger partial charge in [0.05, 0.1) is 6.61 Å². The van der Waals surface area contributed by atoms with Crippen molar-refractivity contribution >= 4 is 12.1 Å². The number of alkyl carbamates (subject to hydrolysis) is 1. The first-order valence-electron chi connectivity index (χ1n) is 7.97. The highest BCUT2D eigenvalue weighted by molar-refractivity contribution is 5.81. The molecule has 0 aromatic heterocycles. The zero-order valence-corrected chi connectivity index (χ0v) is 13.6. The molecule has 0 aromatic carbocycles. The molecule has 0 spiro atoms. The molecule has 5 nitrogen and oxygen atoms in total. The van der Waals surface area contributed by atoms with E-state index in [2.05, 4.69) is 25.4 Å². The second kappa shape index (κ2) is 14.2. The highest BCUT2D eigenvalue weighted by atomic mass is 16.6. The Balaban J connectivity index is 3.96. The molecule has 0 bridgehead atoms. The minimum absolute atomic E-state index is 0.0967. The van der Waals surface area contributed by atoms with Crippen LogP contribution >= 0.6 is 0 Å². The van der Waals surface area contributed by atoms with Gasteiger partial charge >= 0.3 is 12.1 Å². The SMILES string of the molecule is C=CCOC(=O)NC(CC=C)C(=O)OCCCCCCCC. The van der Waals surface area contributed by atoms with Crippen LogP contribution in [0.4, 0.5) is 4.79 Å². The summed E-state index contributed by atoms with van der Waals surface area (Å²) in [6.45, 7) is 9.67. The van der Waals surface area contributed by atoms with Crippen LogP contribution in [0.25, 0.3) is 0 Å². The Kier molecular flexibility index (Phi) is 13.0. The molecule has 0 aromatic rings.